The van der Waals surface area contributed by atoms with Crippen LogP contribution in [0.3, 0.4) is 0 Å². The maximum atomic E-state index is 4.43. The molecule has 3 heteroatoms. The van der Waals surface area contributed by atoms with Gasteiger partial charge < -0.3 is 5.32 Å². The number of benzene rings is 1. The molecule has 0 aliphatic carbocycles. The van der Waals surface area contributed by atoms with Gasteiger partial charge in [-0.05, 0) is 31.4 Å². The van der Waals surface area contributed by atoms with E-state index in [-0.39, 0.29) is 0 Å². The summed E-state index contributed by atoms with van der Waals surface area (Å²) >= 11 is 1.68. The van der Waals surface area contributed by atoms with Gasteiger partial charge in [-0.15, -0.1) is 11.3 Å². The fourth-order valence-electron chi connectivity index (χ4n) is 2.28. The van der Waals surface area contributed by atoms with Crippen molar-refractivity contribution in [3.8, 4) is 0 Å². The highest BCUT2D eigenvalue weighted by Crippen LogP contribution is 2.21. The number of thiazole rings is 1. The highest BCUT2D eigenvalue weighted by molar-refractivity contribution is 7.07. The molecular formula is C17H24N2S. The number of hydrogen-bond acceptors (Lipinski definition) is 3. The quantitative estimate of drug-likeness (QED) is 0.832. The summed E-state index contributed by atoms with van der Waals surface area (Å²) in [5.74, 6) is 1.18. The molecule has 0 radical (unpaired) electrons. The Morgan fingerprint density at radius 3 is 2.50 bits per heavy atom. The third kappa shape index (κ3) is 4.73. The normalized spacial score (nSPS) is 12.8. The molecule has 0 amide bonds. The van der Waals surface area contributed by atoms with Crippen LogP contribution in [0.15, 0.2) is 35.2 Å². The summed E-state index contributed by atoms with van der Waals surface area (Å²) in [6, 6.07) is 8.91. The SMILES string of the molecule is Cc1ccc(C(CNCC(C)C)Cc2cscn2)cc1. The second-order valence-electron chi connectivity index (χ2n) is 5.84. The summed E-state index contributed by atoms with van der Waals surface area (Å²) in [5, 5.41) is 5.74. The first-order valence-corrected chi connectivity index (χ1v) is 8.23. The summed E-state index contributed by atoms with van der Waals surface area (Å²) in [7, 11) is 0. The molecule has 0 spiro atoms. The molecule has 2 rings (SSSR count). The van der Waals surface area contributed by atoms with Gasteiger partial charge in [-0.3, -0.25) is 0 Å². The van der Waals surface area contributed by atoms with Crippen LogP contribution in [0.4, 0.5) is 0 Å². The predicted molar refractivity (Wildman–Crippen MR) is 87.4 cm³/mol. The van der Waals surface area contributed by atoms with Crippen molar-refractivity contribution < 1.29 is 0 Å². The lowest BCUT2D eigenvalue weighted by molar-refractivity contribution is 0.512. The molecule has 20 heavy (non-hydrogen) atoms. The first-order valence-electron chi connectivity index (χ1n) is 7.29. The van der Waals surface area contributed by atoms with Crippen molar-refractivity contribution in [1.82, 2.24) is 10.3 Å². The summed E-state index contributed by atoms with van der Waals surface area (Å²) in [4.78, 5) is 4.43. The van der Waals surface area contributed by atoms with Crippen LogP contribution in [0.5, 0.6) is 0 Å². The third-order valence-corrected chi connectivity index (χ3v) is 4.07. The molecule has 1 unspecified atom stereocenters. The van der Waals surface area contributed by atoms with Gasteiger partial charge in [0.05, 0.1) is 11.2 Å². The number of nitrogens with one attached hydrogen (secondary N) is 1. The first-order chi connectivity index (χ1) is 9.65. The van der Waals surface area contributed by atoms with E-state index in [0.29, 0.717) is 11.8 Å². The minimum Gasteiger partial charge on any atom is -0.316 e. The van der Waals surface area contributed by atoms with E-state index in [1.807, 2.05) is 5.51 Å². The van der Waals surface area contributed by atoms with Crippen molar-refractivity contribution >= 4 is 11.3 Å². The molecule has 0 aliphatic rings. The Labute approximate surface area is 126 Å². The smallest absolute Gasteiger partial charge is 0.0794 e. The number of aryl methyl sites for hydroxylation is 1. The Morgan fingerprint density at radius 1 is 1.15 bits per heavy atom. The van der Waals surface area contributed by atoms with Crippen LogP contribution in [0, 0.1) is 12.8 Å². The molecular weight excluding hydrogens is 264 g/mol. The lowest BCUT2D eigenvalue weighted by Crippen LogP contribution is -2.26. The van der Waals surface area contributed by atoms with E-state index in [1.54, 1.807) is 11.3 Å². The third-order valence-electron chi connectivity index (χ3n) is 3.43. The summed E-state index contributed by atoms with van der Waals surface area (Å²) in [5.41, 5.74) is 5.84. The number of rotatable bonds is 7. The Balaban J connectivity index is 2.04. The van der Waals surface area contributed by atoms with E-state index in [0.717, 1.165) is 19.5 Å². The van der Waals surface area contributed by atoms with Crippen LogP contribution in [-0.4, -0.2) is 18.1 Å². The average molecular weight is 288 g/mol. The van der Waals surface area contributed by atoms with Crippen molar-refractivity contribution in [2.24, 2.45) is 5.92 Å². The zero-order valence-corrected chi connectivity index (χ0v) is 13.4. The molecule has 2 aromatic rings. The summed E-state index contributed by atoms with van der Waals surface area (Å²) in [6.45, 7) is 8.71. The molecule has 1 N–H and O–H groups in total. The largest absolute Gasteiger partial charge is 0.316 e. The Kier molecular flexibility index (Phi) is 5.74. The van der Waals surface area contributed by atoms with Crippen LogP contribution in [0.1, 0.15) is 36.6 Å². The molecule has 0 saturated carbocycles. The van der Waals surface area contributed by atoms with Crippen LogP contribution < -0.4 is 5.32 Å². The fraction of sp³-hybridized carbons (Fsp3) is 0.471. The second-order valence-corrected chi connectivity index (χ2v) is 6.56. The molecule has 1 atom stereocenters. The first kappa shape index (κ1) is 15.2. The topological polar surface area (TPSA) is 24.9 Å². The zero-order chi connectivity index (χ0) is 14.4. The van der Waals surface area contributed by atoms with Crippen LogP contribution in [0.2, 0.25) is 0 Å². The molecule has 0 fully saturated rings. The van der Waals surface area contributed by atoms with Crippen molar-refractivity contribution in [1.29, 1.82) is 0 Å². The lowest BCUT2D eigenvalue weighted by atomic mass is 9.93. The van der Waals surface area contributed by atoms with E-state index in [1.165, 1.54) is 16.8 Å². The highest BCUT2D eigenvalue weighted by Gasteiger charge is 2.13. The van der Waals surface area contributed by atoms with Crippen molar-refractivity contribution in [2.75, 3.05) is 13.1 Å². The molecule has 0 saturated heterocycles. The van der Waals surface area contributed by atoms with E-state index in [9.17, 15) is 0 Å². The predicted octanol–water partition coefficient (Wildman–Crippen LogP) is 4.02. The Bertz CT molecular complexity index is 488. The van der Waals surface area contributed by atoms with Gasteiger partial charge in [0.1, 0.15) is 0 Å². The zero-order valence-electron chi connectivity index (χ0n) is 12.6. The van der Waals surface area contributed by atoms with Crippen molar-refractivity contribution in [3.05, 3.63) is 52.0 Å². The number of hydrogen-bond donors (Lipinski definition) is 1. The van der Waals surface area contributed by atoms with E-state index in [4.69, 9.17) is 0 Å². The summed E-state index contributed by atoms with van der Waals surface area (Å²) in [6.07, 6.45) is 1.01. The van der Waals surface area contributed by atoms with Gasteiger partial charge >= 0.3 is 0 Å². The minimum atomic E-state index is 0.497. The molecule has 1 aromatic carbocycles. The fourth-order valence-corrected chi connectivity index (χ4v) is 2.85. The Hall–Kier alpha value is -1.19. The van der Waals surface area contributed by atoms with Gasteiger partial charge in [0.2, 0.25) is 0 Å². The minimum absolute atomic E-state index is 0.497. The van der Waals surface area contributed by atoms with Crippen LogP contribution in [0.25, 0.3) is 0 Å². The molecule has 1 heterocycles. The standard InChI is InChI=1S/C17H24N2S/c1-13(2)9-18-10-16(8-17-11-20-12-19-17)15-6-4-14(3)5-7-15/h4-7,11-13,16,18H,8-10H2,1-3H3. The monoisotopic (exact) mass is 288 g/mol. The molecule has 2 nitrogen and oxygen atoms in total. The second kappa shape index (κ2) is 7.55. The molecule has 0 aliphatic heterocycles. The summed E-state index contributed by atoms with van der Waals surface area (Å²) < 4.78 is 0. The lowest BCUT2D eigenvalue weighted by Gasteiger charge is -2.18. The van der Waals surface area contributed by atoms with Crippen molar-refractivity contribution in [2.45, 2.75) is 33.1 Å². The van der Waals surface area contributed by atoms with Gasteiger partial charge in [-0.25, -0.2) is 4.98 Å². The molecule has 1 aromatic heterocycles. The van der Waals surface area contributed by atoms with E-state index >= 15 is 0 Å². The van der Waals surface area contributed by atoms with Gasteiger partial charge in [0.15, 0.2) is 0 Å². The van der Waals surface area contributed by atoms with E-state index in [2.05, 4.69) is 60.7 Å². The maximum Gasteiger partial charge on any atom is 0.0794 e. The van der Waals surface area contributed by atoms with Crippen LogP contribution in [-0.2, 0) is 6.42 Å². The Morgan fingerprint density at radius 2 is 1.90 bits per heavy atom. The average Bonchev–Trinajstić information content (AvgIpc) is 2.91. The molecule has 108 valence electrons. The number of nitrogens with zero attached hydrogens (tertiary/aromatic N) is 1. The highest BCUT2D eigenvalue weighted by atomic mass is 32.1. The number of aromatic nitrogens is 1. The molecule has 0 bridgehead atoms. The van der Waals surface area contributed by atoms with Gasteiger partial charge in [0, 0.05) is 17.8 Å². The van der Waals surface area contributed by atoms with Gasteiger partial charge in [-0.1, -0.05) is 43.7 Å². The van der Waals surface area contributed by atoms with Gasteiger partial charge in [-0.2, -0.15) is 0 Å². The van der Waals surface area contributed by atoms with Crippen molar-refractivity contribution in [3.63, 3.8) is 0 Å². The van der Waals surface area contributed by atoms with Gasteiger partial charge in [0.25, 0.3) is 0 Å². The van der Waals surface area contributed by atoms with Crippen LogP contribution >= 0.6 is 11.3 Å². The maximum absolute atomic E-state index is 4.43. The van der Waals surface area contributed by atoms with E-state index < -0.39 is 0 Å².